The number of carbonyl (C=O) groups excluding carboxylic acids is 1. The van der Waals surface area contributed by atoms with Crippen molar-refractivity contribution in [2.75, 3.05) is 20.8 Å². The molecule has 4 heteroatoms. The summed E-state index contributed by atoms with van der Waals surface area (Å²) in [6, 6.07) is 5.61. The van der Waals surface area contributed by atoms with Crippen LogP contribution in [0.3, 0.4) is 0 Å². The van der Waals surface area contributed by atoms with Gasteiger partial charge in [-0.25, -0.2) is 0 Å². The van der Waals surface area contributed by atoms with Crippen LogP contribution < -0.4 is 9.47 Å². The van der Waals surface area contributed by atoms with Crippen LogP contribution in [0.2, 0.25) is 0 Å². The Labute approximate surface area is 120 Å². The van der Waals surface area contributed by atoms with E-state index in [2.05, 4.69) is 0 Å². The number of hydrogen-bond donors (Lipinski definition) is 0. The van der Waals surface area contributed by atoms with Gasteiger partial charge in [0.1, 0.15) is 6.61 Å². The lowest BCUT2D eigenvalue weighted by Gasteiger charge is -2.08. The minimum atomic E-state index is -0.163. The van der Waals surface area contributed by atoms with E-state index in [0.717, 1.165) is 12.0 Å². The second-order valence-corrected chi connectivity index (χ2v) is 4.46. The van der Waals surface area contributed by atoms with Gasteiger partial charge in [-0.1, -0.05) is 26.0 Å². The average Bonchev–Trinajstić information content (AvgIpc) is 2.50. The summed E-state index contributed by atoms with van der Waals surface area (Å²) >= 11 is 0. The second-order valence-electron chi connectivity index (χ2n) is 4.46. The Morgan fingerprint density at radius 1 is 1.25 bits per heavy atom. The van der Waals surface area contributed by atoms with Crippen LogP contribution >= 0.6 is 0 Å². The maximum Gasteiger partial charge on any atom is 0.308 e. The molecular formula is C16H22O4. The Morgan fingerprint density at radius 2 is 1.95 bits per heavy atom. The molecular weight excluding hydrogens is 256 g/mol. The molecule has 0 saturated heterocycles. The van der Waals surface area contributed by atoms with Crippen LogP contribution in [0.4, 0.5) is 0 Å². The Balaban J connectivity index is 2.56. The fourth-order valence-corrected chi connectivity index (χ4v) is 1.58. The van der Waals surface area contributed by atoms with Gasteiger partial charge in [-0.05, 0) is 30.2 Å². The van der Waals surface area contributed by atoms with Gasteiger partial charge < -0.3 is 14.2 Å². The summed E-state index contributed by atoms with van der Waals surface area (Å²) in [6.45, 7) is 4.10. The first kappa shape index (κ1) is 16.1. The number of carbonyl (C=O) groups is 1. The van der Waals surface area contributed by atoms with Crippen LogP contribution in [0.25, 0.3) is 6.08 Å². The lowest BCUT2D eigenvalue weighted by Crippen LogP contribution is -2.13. The van der Waals surface area contributed by atoms with Gasteiger partial charge in [-0.15, -0.1) is 0 Å². The molecule has 1 aromatic rings. The molecule has 1 rings (SSSR count). The predicted octanol–water partition coefficient (Wildman–Crippen LogP) is 3.31. The molecule has 0 spiro atoms. The third-order valence-corrected chi connectivity index (χ3v) is 3.05. The number of rotatable bonds is 7. The molecule has 0 heterocycles. The summed E-state index contributed by atoms with van der Waals surface area (Å²) in [7, 11) is 3.20. The number of methoxy groups -OCH3 is 2. The molecule has 0 bridgehead atoms. The van der Waals surface area contributed by atoms with Gasteiger partial charge in [-0.3, -0.25) is 4.79 Å². The molecule has 0 fully saturated rings. The molecule has 0 aromatic heterocycles. The van der Waals surface area contributed by atoms with Crippen LogP contribution in [-0.2, 0) is 9.53 Å². The van der Waals surface area contributed by atoms with Crippen molar-refractivity contribution in [2.45, 2.75) is 20.3 Å². The summed E-state index contributed by atoms with van der Waals surface area (Å²) < 4.78 is 15.5. The van der Waals surface area contributed by atoms with Gasteiger partial charge in [0.25, 0.3) is 0 Å². The first-order valence-corrected chi connectivity index (χ1v) is 6.67. The molecule has 0 saturated carbocycles. The molecule has 4 nitrogen and oxygen atoms in total. The molecule has 0 N–H and O–H groups in total. The van der Waals surface area contributed by atoms with Crippen LogP contribution in [0.5, 0.6) is 11.5 Å². The Morgan fingerprint density at radius 3 is 2.55 bits per heavy atom. The Kier molecular flexibility index (Phi) is 6.64. The smallest absolute Gasteiger partial charge is 0.308 e. The fourth-order valence-electron chi connectivity index (χ4n) is 1.58. The SMILES string of the molecule is CCC(C)C(=O)OCC=Cc1ccc(OC)c(OC)c1. The maximum atomic E-state index is 11.5. The van der Waals surface area contributed by atoms with Crippen molar-refractivity contribution in [1.82, 2.24) is 0 Å². The van der Waals surface area contributed by atoms with Crippen molar-refractivity contribution in [3.63, 3.8) is 0 Å². The number of esters is 1. The number of benzene rings is 1. The summed E-state index contributed by atoms with van der Waals surface area (Å²) in [5.74, 6) is 1.15. The van der Waals surface area contributed by atoms with Gasteiger partial charge in [0.15, 0.2) is 11.5 Å². The number of ether oxygens (including phenoxy) is 3. The highest BCUT2D eigenvalue weighted by Crippen LogP contribution is 2.27. The van der Waals surface area contributed by atoms with E-state index in [1.165, 1.54) is 0 Å². The molecule has 1 atom stereocenters. The monoisotopic (exact) mass is 278 g/mol. The number of hydrogen-bond acceptors (Lipinski definition) is 4. The molecule has 0 aliphatic carbocycles. The molecule has 0 aliphatic heterocycles. The van der Waals surface area contributed by atoms with Crippen molar-refractivity contribution in [1.29, 1.82) is 0 Å². The zero-order valence-electron chi connectivity index (χ0n) is 12.5. The predicted molar refractivity (Wildman–Crippen MR) is 79.0 cm³/mol. The first-order chi connectivity index (χ1) is 9.62. The van der Waals surface area contributed by atoms with Crippen LogP contribution in [0.15, 0.2) is 24.3 Å². The lowest BCUT2D eigenvalue weighted by atomic mass is 10.1. The molecule has 20 heavy (non-hydrogen) atoms. The zero-order chi connectivity index (χ0) is 15.0. The zero-order valence-corrected chi connectivity index (χ0v) is 12.5. The summed E-state index contributed by atoms with van der Waals surface area (Å²) in [5, 5.41) is 0. The quantitative estimate of drug-likeness (QED) is 0.718. The topological polar surface area (TPSA) is 44.8 Å². The van der Waals surface area contributed by atoms with E-state index < -0.39 is 0 Å². The summed E-state index contributed by atoms with van der Waals surface area (Å²) in [5.41, 5.74) is 0.960. The van der Waals surface area contributed by atoms with E-state index in [-0.39, 0.29) is 18.5 Å². The highest BCUT2D eigenvalue weighted by molar-refractivity contribution is 5.72. The molecule has 0 radical (unpaired) electrons. The van der Waals surface area contributed by atoms with Gasteiger partial charge in [0.2, 0.25) is 0 Å². The van der Waals surface area contributed by atoms with Crippen molar-refractivity contribution in [2.24, 2.45) is 5.92 Å². The minimum absolute atomic E-state index is 0.0514. The molecule has 0 aliphatic rings. The Bertz CT molecular complexity index is 466. The standard InChI is InChI=1S/C16H22O4/c1-5-12(2)16(17)20-10-6-7-13-8-9-14(18-3)15(11-13)19-4/h6-9,11-12H,5,10H2,1-4H3. The van der Waals surface area contributed by atoms with Gasteiger partial charge in [-0.2, -0.15) is 0 Å². The van der Waals surface area contributed by atoms with Crippen molar-refractivity contribution >= 4 is 12.0 Å². The normalized spacial score (nSPS) is 12.2. The third-order valence-electron chi connectivity index (χ3n) is 3.05. The van der Waals surface area contributed by atoms with Crippen LogP contribution in [0, 0.1) is 5.92 Å². The van der Waals surface area contributed by atoms with E-state index in [4.69, 9.17) is 14.2 Å². The largest absolute Gasteiger partial charge is 0.493 e. The van der Waals surface area contributed by atoms with E-state index in [9.17, 15) is 4.79 Å². The van der Waals surface area contributed by atoms with E-state index in [0.29, 0.717) is 11.5 Å². The second kappa shape index (κ2) is 8.25. The Hall–Kier alpha value is -1.97. The first-order valence-electron chi connectivity index (χ1n) is 6.67. The van der Waals surface area contributed by atoms with Crippen molar-refractivity contribution in [3.05, 3.63) is 29.8 Å². The lowest BCUT2D eigenvalue weighted by molar-refractivity contribution is -0.146. The van der Waals surface area contributed by atoms with Crippen molar-refractivity contribution in [3.8, 4) is 11.5 Å². The van der Waals surface area contributed by atoms with Crippen LogP contribution in [-0.4, -0.2) is 26.8 Å². The molecule has 110 valence electrons. The molecule has 1 unspecified atom stereocenters. The highest BCUT2D eigenvalue weighted by atomic mass is 16.5. The summed E-state index contributed by atoms with van der Waals surface area (Å²) in [4.78, 5) is 11.5. The van der Waals surface area contributed by atoms with E-state index >= 15 is 0 Å². The molecule has 0 amide bonds. The fraction of sp³-hybridized carbons (Fsp3) is 0.438. The minimum Gasteiger partial charge on any atom is -0.493 e. The highest BCUT2D eigenvalue weighted by Gasteiger charge is 2.10. The van der Waals surface area contributed by atoms with Gasteiger partial charge in [0, 0.05) is 0 Å². The summed E-state index contributed by atoms with van der Waals surface area (Å²) in [6.07, 6.45) is 4.48. The van der Waals surface area contributed by atoms with Crippen LogP contribution in [0.1, 0.15) is 25.8 Å². The van der Waals surface area contributed by atoms with E-state index in [1.807, 2.05) is 44.2 Å². The molecule has 1 aromatic carbocycles. The third kappa shape index (κ3) is 4.61. The van der Waals surface area contributed by atoms with Gasteiger partial charge >= 0.3 is 5.97 Å². The van der Waals surface area contributed by atoms with E-state index in [1.54, 1.807) is 14.2 Å². The maximum absolute atomic E-state index is 11.5. The average molecular weight is 278 g/mol. The van der Waals surface area contributed by atoms with Crippen molar-refractivity contribution < 1.29 is 19.0 Å². The van der Waals surface area contributed by atoms with Gasteiger partial charge in [0.05, 0.1) is 20.1 Å².